The van der Waals surface area contributed by atoms with E-state index in [1.165, 1.54) is 6.33 Å². The van der Waals surface area contributed by atoms with Gasteiger partial charge in [-0.3, -0.25) is 4.79 Å². The van der Waals surface area contributed by atoms with E-state index in [-0.39, 0.29) is 5.56 Å². The topological polar surface area (TPSA) is 34.9 Å². The molecule has 0 aliphatic rings. The van der Waals surface area contributed by atoms with Crippen molar-refractivity contribution in [1.29, 1.82) is 0 Å². The highest BCUT2D eigenvalue weighted by Gasteiger charge is 2.31. The summed E-state index contributed by atoms with van der Waals surface area (Å²) in [7, 11) is 0. The van der Waals surface area contributed by atoms with Crippen LogP contribution in [0.15, 0.2) is 18.5 Å². The fourth-order valence-electron chi connectivity index (χ4n) is 1.70. The first-order valence-corrected chi connectivity index (χ1v) is 4.98. The van der Waals surface area contributed by atoms with Crippen molar-refractivity contribution in [3.05, 3.63) is 29.6 Å². The molecule has 0 saturated heterocycles. The van der Waals surface area contributed by atoms with Crippen molar-refractivity contribution in [1.82, 2.24) is 9.55 Å². The van der Waals surface area contributed by atoms with Crippen LogP contribution in [0.1, 0.15) is 22.8 Å². The Hall–Kier alpha value is -1.85. The van der Waals surface area contributed by atoms with Gasteiger partial charge in [0.2, 0.25) is 0 Å². The summed E-state index contributed by atoms with van der Waals surface area (Å²) in [6, 6.07) is 1.83. The summed E-state index contributed by atoms with van der Waals surface area (Å²) in [5, 5.41) is 0. The molecule has 17 heavy (non-hydrogen) atoms. The smallest absolute Gasteiger partial charge is 0.331 e. The van der Waals surface area contributed by atoms with Gasteiger partial charge in [-0.15, -0.1) is 0 Å². The number of carbonyl (C=O) groups excluding carboxylic acids is 1. The Morgan fingerprint density at radius 3 is 2.65 bits per heavy atom. The molecule has 2 rings (SSSR count). The minimum atomic E-state index is -4.46. The lowest BCUT2D eigenvalue weighted by molar-refractivity contribution is -0.137. The van der Waals surface area contributed by atoms with Gasteiger partial charge in [-0.05, 0) is 19.1 Å². The molecule has 0 radical (unpaired) electrons. The van der Waals surface area contributed by atoms with Crippen LogP contribution in [-0.2, 0) is 12.7 Å². The number of halogens is 3. The number of rotatable bonds is 2. The average Bonchev–Trinajstić information content (AvgIpc) is 2.69. The van der Waals surface area contributed by atoms with Gasteiger partial charge >= 0.3 is 6.18 Å². The molecule has 0 amide bonds. The molecule has 0 aliphatic heterocycles. The molecule has 1 aromatic carbocycles. The van der Waals surface area contributed by atoms with Gasteiger partial charge in [0, 0.05) is 12.1 Å². The number of aryl methyl sites for hydroxylation is 1. The number of carbonyl (C=O) groups is 1. The third-order valence-corrected chi connectivity index (χ3v) is 2.55. The zero-order valence-electron chi connectivity index (χ0n) is 8.95. The first-order chi connectivity index (χ1) is 7.97. The predicted octanol–water partition coefficient (Wildman–Crippen LogP) is 2.89. The lowest BCUT2D eigenvalue weighted by Gasteiger charge is -2.08. The summed E-state index contributed by atoms with van der Waals surface area (Å²) in [6.07, 6.45) is -2.64. The molecule has 0 bridgehead atoms. The fourth-order valence-corrected chi connectivity index (χ4v) is 1.70. The van der Waals surface area contributed by atoms with Crippen molar-refractivity contribution < 1.29 is 18.0 Å². The number of benzene rings is 1. The SMILES string of the molecule is CCn1cnc2c(C=O)cc(C(F)(F)F)cc21. The molecule has 0 spiro atoms. The summed E-state index contributed by atoms with van der Waals surface area (Å²) in [4.78, 5) is 14.7. The zero-order valence-corrected chi connectivity index (χ0v) is 8.95. The molecule has 0 N–H and O–H groups in total. The highest BCUT2D eigenvalue weighted by molar-refractivity contribution is 5.95. The highest BCUT2D eigenvalue weighted by atomic mass is 19.4. The molecular formula is C11H9F3N2O. The van der Waals surface area contributed by atoms with E-state index in [0.29, 0.717) is 23.9 Å². The maximum absolute atomic E-state index is 12.6. The van der Waals surface area contributed by atoms with E-state index in [0.717, 1.165) is 12.1 Å². The number of aromatic nitrogens is 2. The van der Waals surface area contributed by atoms with Crippen LogP contribution in [-0.4, -0.2) is 15.8 Å². The molecule has 90 valence electrons. The van der Waals surface area contributed by atoms with Crippen LogP contribution >= 0.6 is 0 Å². The van der Waals surface area contributed by atoms with E-state index in [1.807, 2.05) is 0 Å². The average molecular weight is 242 g/mol. The zero-order chi connectivity index (χ0) is 12.6. The van der Waals surface area contributed by atoms with E-state index in [2.05, 4.69) is 4.98 Å². The molecule has 0 unspecified atom stereocenters. The Balaban J connectivity index is 2.78. The van der Waals surface area contributed by atoms with Gasteiger partial charge in [-0.1, -0.05) is 0 Å². The van der Waals surface area contributed by atoms with Crippen LogP contribution < -0.4 is 0 Å². The van der Waals surface area contributed by atoms with Gasteiger partial charge in [-0.25, -0.2) is 4.98 Å². The van der Waals surface area contributed by atoms with Crippen molar-refractivity contribution in [3.8, 4) is 0 Å². The molecule has 1 heterocycles. The second kappa shape index (κ2) is 3.87. The van der Waals surface area contributed by atoms with E-state index >= 15 is 0 Å². The highest BCUT2D eigenvalue weighted by Crippen LogP contribution is 2.32. The van der Waals surface area contributed by atoms with Crippen LogP contribution in [0, 0.1) is 0 Å². The predicted molar refractivity (Wildman–Crippen MR) is 55.8 cm³/mol. The summed E-state index contributed by atoms with van der Waals surface area (Å²) in [6.45, 7) is 2.29. The minimum absolute atomic E-state index is 0.0398. The molecular weight excluding hydrogens is 233 g/mol. The number of hydrogen-bond donors (Lipinski definition) is 0. The Morgan fingerprint density at radius 1 is 1.41 bits per heavy atom. The largest absolute Gasteiger partial charge is 0.416 e. The summed E-state index contributed by atoms with van der Waals surface area (Å²) in [5.41, 5.74) is -0.247. The van der Waals surface area contributed by atoms with Crippen molar-refractivity contribution in [3.63, 3.8) is 0 Å². The van der Waals surface area contributed by atoms with Gasteiger partial charge in [-0.2, -0.15) is 13.2 Å². The second-order valence-corrected chi connectivity index (χ2v) is 3.58. The molecule has 0 fully saturated rings. The van der Waals surface area contributed by atoms with Crippen LogP contribution in [0.4, 0.5) is 13.2 Å². The third kappa shape index (κ3) is 1.90. The van der Waals surface area contributed by atoms with Gasteiger partial charge in [0.25, 0.3) is 0 Å². The van der Waals surface area contributed by atoms with E-state index in [9.17, 15) is 18.0 Å². The van der Waals surface area contributed by atoms with Crippen molar-refractivity contribution in [2.75, 3.05) is 0 Å². The maximum Gasteiger partial charge on any atom is 0.416 e. The van der Waals surface area contributed by atoms with E-state index in [4.69, 9.17) is 0 Å². The van der Waals surface area contributed by atoms with Crippen LogP contribution in [0.3, 0.4) is 0 Å². The first kappa shape index (κ1) is 11.6. The molecule has 6 heteroatoms. The van der Waals surface area contributed by atoms with Crippen molar-refractivity contribution >= 4 is 17.3 Å². The Morgan fingerprint density at radius 2 is 2.12 bits per heavy atom. The van der Waals surface area contributed by atoms with Crippen molar-refractivity contribution in [2.45, 2.75) is 19.6 Å². The van der Waals surface area contributed by atoms with Crippen LogP contribution in [0.25, 0.3) is 11.0 Å². The number of alkyl halides is 3. The summed E-state index contributed by atoms with van der Waals surface area (Å²) in [5.74, 6) is 0. The second-order valence-electron chi connectivity index (χ2n) is 3.58. The Bertz CT molecular complexity index is 572. The molecule has 3 nitrogen and oxygen atoms in total. The lowest BCUT2D eigenvalue weighted by atomic mass is 10.1. The van der Waals surface area contributed by atoms with Crippen molar-refractivity contribution in [2.24, 2.45) is 0 Å². The lowest BCUT2D eigenvalue weighted by Crippen LogP contribution is -2.06. The standard InChI is InChI=1S/C11H9F3N2O/c1-2-16-6-15-10-7(5-17)3-8(4-9(10)16)11(12,13)14/h3-6H,2H2,1H3. The Labute approximate surface area is 94.9 Å². The summed E-state index contributed by atoms with van der Waals surface area (Å²) < 4.78 is 39.5. The molecule has 0 saturated carbocycles. The van der Waals surface area contributed by atoms with Crippen LogP contribution in [0.5, 0.6) is 0 Å². The quantitative estimate of drug-likeness (QED) is 0.759. The maximum atomic E-state index is 12.6. The number of hydrogen-bond acceptors (Lipinski definition) is 2. The normalized spacial score (nSPS) is 12.0. The van der Waals surface area contributed by atoms with Crippen LogP contribution in [0.2, 0.25) is 0 Å². The minimum Gasteiger partial charge on any atom is -0.331 e. The first-order valence-electron chi connectivity index (χ1n) is 4.98. The van der Waals surface area contributed by atoms with Gasteiger partial charge < -0.3 is 4.57 Å². The van der Waals surface area contributed by atoms with E-state index in [1.54, 1.807) is 11.5 Å². The molecule has 1 aromatic heterocycles. The number of imidazole rings is 1. The fraction of sp³-hybridized carbons (Fsp3) is 0.273. The Kier molecular flexibility index (Phi) is 2.65. The third-order valence-electron chi connectivity index (χ3n) is 2.55. The summed E-state index contributed by atoms with van der Waals surface area (Å²) >= 11 is 0. The number of nitrogens with zero attached hydrogens (tertiary/aromatic N) is 2. The van der Waals surface area contributed by atoms with E-state index < -0.39 is 11.7 Å². The number of fused-ring (bicyclic) bond motifs is 1. The van der Waals surface area contributed by atoms with Gasteiger partial charge in [0.05, 0.1) is 22.9 Å². The monoisotopic (exact) mass is 242 g/mol. The molecule has 2 aromatic rings. The van der Waals surface area contributed by atoms with Gasteiger partial charge in [0.15, 0.2) is 6.29 Å². The molecule has 0 aliphatic carbocycles. The number of aldehydes is 1. The van der Waals surface area contributed by atoms with Gasteiger partial charge in [0.1, 0.15) is 0 Å². The molecule has 0 atom stereocenters.